The Morgan fingerprint density at radius 3 is 2.46 bits per heavy atom. The molecule has 7 heteroatoms. The molecule has 2 heterocycles. The van der Waals surface area contributed by atoms with E-state index >= 15 is 0 Å². The van der Waals surface area contributed by atoms with Crippen LogP contribution in [-0.4, -0.2) is 55.5 Å². The Labute approximate surface area is 153 Å². The molecule has 0 atom stereocenters. The average Bonchev–Trinajstić information content (AvgIpc) is 2.68. The number of hydrogen-bond donors (Lipinski definition) is 1. The molecule has 2 aliphatic rings. The minimum absolute atomic E-state index is 0.0283. The number of piperidine rings is 1. The summed E-state index contributed by atoms with van der Waals surface area (Å²) in [6.45, 7) is 2.68. The molecule has 1 aromatic carbocycles. The number of rotatable bonds is 4. The highest BCUT2D eigenvalue weighted by atomic mass is 16.6. The van der Waals surface area contributed by atoms with Crippen LogP contribution in [0.3, 0.4) is 0 Å². The first kappa shape index (κ1) is 18.5. The van der Waals surface area contributed by atoms with E-state index in [0.29, 0.717) is 39.1 Å². The van der Waals surface area contributed by atoms with Crippen LogP contribution in [0, 0.1) is 0 Å². The lowest BCUT2D eigenvalue weighted by Crippen LogP contribution is -2.47. The first-order valence-electron chi connectivity index (χ1n) is 9.21. The van der Waals surface area contributed by atoms with E-state index in [1.54, 1.807) is 4.90 Å². The van der Waals surface area contributed by atoms with Gasteiger partial charge in [0.05, 0.1) is 13.2 Å². The Kier molecular flexibility index (Phi) is 6.71. The van der Waals surface area contributed by atoms with Gasteiger partial charge in [0.15, 0.2) is 0 Å². The van der Waals surface area contributed by atoms with Crippen LogP contribution < -0.4 is 5.32 Å². The molecule has 0 aliphatic carbocycles. The summed E-state index contributed by atoms with van der Waals surface area (Å²) in [5.74, 6) is 0. The van der Waals surface area contributed by atoms with Crippen molar-refractivity contribution in [1.29, 1.82) is 0 Å². The molecule has 7 nitrogen and oxygen atoms in total. The molecule has 1 aromatic rings. The van der Waals surface area contributed by atoms with Crippen molar-refractivity contribution in [2.45, 2.75) is 44.4 Å². The van der Waals surface area contributed by atoms with Gasteiger partial charge in [-0.15, -0.1) is 0 Å². The van der Waals surface area contributed by atoms with Crippen LogP contribution in [0.4, 0.5) is 9.59 Å². The zero-order valence-electron chi connectivity index (χ0n) is 14.9. The molecular weight excluding hydrogens is 336 g/mol. The number of nitrogens with one attached hydrogen (secondary N) is 1. The Hall–Kier alpha value is -2.28. The predicted octanol–water partition coefficient (Wildman–Crippen LogP) is 2.69. The number of likely N-dealkylation sites (tertiary alicyclic amines) is 1. The molecule has 0 radical (unpaired) electrons. The van der Waals surface area contributed by atoms with Gasteiger partial charge < -0.3 is 24.4 Å². The average molecular weight is 362 g/mol. The minimum atomic E-state index is -0.373. The van der Waals surface area contributed by atoms with Gasteiger partial charge in [0.1, 0.15) is 12.7 Å². The van der Waals surface area contributed by atoms with Crippen molar-refractivity contribution in [2.24, 2.45) is 0 Å². The normalized spacial score (nSPS) is 19.0. The molecule has 2 amide bonds. The Morgan fingerprint density at radius 2 is 1.77 bits per heavy atom. The second-order valence-corrected chi connectivity index (χ2v) is 6.66. The number of amides is 2. The summed E-state index contributed by atoms with van der Waals surface area (Å²) in [6.07, 6.45) is 2.15. The fourth-order valence-corrected chi connectivity index (χ4v) is 3.16. The molecule has 0 spiro atoms. The van der Waals surface area contributed by atoms with Gasteiger partial charge >= 0.3 is 12.2 Å². The van der Waals surface area contributed by atoms with E-state index in [9.17, 15) is 9.59 Å². The van der Waals surface area contributed by atoms with Crippen LogP contribution in [0.25, 0.3) is 0 Å². The van der Waals surface area contributed by atoms with Gasteiger partial charge in [0.2, 0.25) is 0 Å². The highest BCUT2D eigenvalue weighted by Crippen LogP contribution is 2.14. The molecule has 26 heavy (non-hydrogen) atoms. The topological polar surface area (TPSA) is 77.1 Å². The summed E-state index contributed by atoms with van der Waals surface area (Å²) in [6, 6.07) is 9.64. The van der Waals surface area contributed by atoms with E-state index in [1.165, 1.54) is 0 Å². The number of benzene rings is 1. The lowest BCUT2D eigenvalue weighted by molar-refractivity contribution is 0.000149. The number of hydrogen-bond acceptors (Lipinski definition) is 5. The summed E-state index contributed by atoms with van der Waals surface area (Å²) < 4.78 is 16.0. The van der Waals surface area contributed by atoms with E-state index in [0.717, 1.165) is 18.4 Å². The molecule has 2 fully saturated rings. The van der Waals surface area contributed by atoms with E-state index in [4.69, 9.17) is 14.2 Å². The number of carbonyl (C=O) groups excluding carboxylic acids is 2. The molecule has 3 rings (SSSR count). The molecule has 0 aromatic heterocycles. The van der Waals surface area contributed by atoms with Gasteiger partial charge in [-0.05, 0) is 18.4 Å². The quantitative estimate of drug-likeness (QED) is 0.891. The lowest BCUT2D eigenvalue weighted by atomic mass is 10.1. The third-order valence-electron chi connectivity index (χ3n) is 4.72. The standard InChI is InChI=1S/C19H26N2O5/c22-18(26-17-8-12-24-13-9-17)20-16-6-10-21(11-7-16)19(23)25-14-15-4-2-1-3-5-15/h1-5,16-17H,6-14H2,(H,20,22). The summed E-state index contributed by atoms with van der Waals surface area (Å²) in [4.78, 5) is 25.8. The number of ether oxygens (including phenoxy) is 3. The van der Waals surface area contributed by atoms with Crippen molar-refractivity contribution in [1.82, 2.24) is 10.2 Å². The molecule has 142 valence electrons. The molecule has 2 saturated heterocycles. The number of carbonyl (C=O) groups is 2. The first-order chi connectivity index (χ1) is 12.7. The van der Waals surface area contributed by atoms with E-state index in [2.05, 4.69) is 5.32 Å². The molecular formula is C19H26N2O5. The van der Waals surface area contributed by atoms with Crippen LogP contribution in [0.5, 0.6) is 0 Å². The summed E-state index contributed by atoms with van der Waals surface area (Å²) in [7, 11) is 0. The fraction of sp³-hybridized carbons (Fsp3) is 0.579. The van der Waals surface area contributed by atoms with Crippen molar-refractivity contribution < 1.29 is 23.8 Å². The van der Waals surface area contributed by atoms with Crippen LogP contribution >= 0.6 is 0 Å². The van der Waals surface area contributed by atoms with Gasteiger partial charge in [0, 0.05) is 32.0 Å². The van der Waals surface area contributed by atoms with Crippen LogP contribution in [-0.2, 0) is 20.8 Å². The van der Waals surface area contributed by atoms with Gasteiger partial charge in [-0.3, -0.25) is 0 Å². The van der Waals surface area contributed by atoms with Gasteiger partial charge in [-0.2, -0.15) is 0 Å². The summed E-state index contributed by atoms with van der Waals surface area (Å²) in [5.41, 5.74) is 0.966. The van der Waals surface area contributed by atoms with Gasteiger partial charge in [-0.1, -0.05) is 30.3 Å². The number of nitrogens with zero attached hydrogens (tertiary/aromatic N) is 1. The molecule has 1 N–H and O–H groups in total. The van der Waals surface area contributed by atoms with E-state index in [1.807, 2.05) is 30.3 Å². The molecule has 0 saturated carbocycles. The predicted molar refractivity (Wildman–Crippen MR) is 94.7 cm³/mol. The maximum Gasteiger partial charge on any atom is 0.410 e. The number of alkyl carbamates (subject to hydrolysis) is 1. The Morgan fingerprint density at radius 1 is 1.08 bits per heavy atom. The maximum atomic E-state index is 12.1. The largest absolute Gasteiger partial charge is 0.446 e. The molecule has 0 unspecified atom stereocenters. The third-order valence-corrected chi connectivity index (χ3v) is 4.72. The fourth-order valence-electron chi connectivity index (χ4n) is 3.16. The smallest absolute Gasteiger partial charge is 0.410 e. The highest BCUT2D eigenvalue weighted by Gasteiger charge is 2.26. The highest BCUT2D eigenvalue weighted by molar-refractivity contribution is 5.69. The van der Waals surface area contributed by atoms with Crippen molar-refractivity contribution in [3.8, 4) is 0 Å². The van der Waals surface area contributed by atoms with Crippen LogP contribution in [0.15, 0.2) is 30.3 Å². The van der Waals surface area contributed by atoms with Gasteiger partial charge in [0.25, 0.3) is 0 Å². The van der Waals surface area contributed by atoms with E-state index < -0.39 is 0 Å². The van der Waals surface area contributed by atoms with Crippen LogP contribution in [0.1, 0.15) is 31.2 Å². The van der Waals surface area contributed by atoms with Gasteiger partial charge in [-0.25, -0.2) is 9.59 Å². The van der Waals surface area contributed by atoms with Crippen molar-refractivity contribution >= 4 is 12.2 Å². The zero-order chi connectivity index (χ0) is 18.2. The monoisotopic (exact) mass is 362 g/mol. The Bertz CT molecular complexity index is 581. The second kappa shape index (κ2) is 9.43. The van der Waals surface area contributed by atoms with Crippen LogP contribution in [0.2, 0.25) is 0 Å². The third kappa shape index (κ3) is 5.62. The van der Waals surface area contributed by atoms with E-state index in [-0.39, 0.29) is 30.9 Å². The maximum absolute atomic E-state index is 12.1. The Balaban J connectivity index is 1.34. The molecule has 0 bridgehead atoms. The SMILES string of the molecule is O=C(NC1CCN(C(=O)OCc2ccccc2)CC1)OC1CCOCC1. The van der Waals surface area contributed by atoms with Crippen molar-refractivity contribution in [2.75, 3.05) is 26.3 Å². The van der Waals surface area contributed by atoms with Crippen molar-refractivity contribution in [3.63, 3.8) is 0 Å². The first-order valence-corrected chi connectivity index (χ1v) is 9.21. The molecule has 2 aliphatic heterocycles. The second-order valence-electron chi connectivity index (χ2n) is 6.66. The summed E-state index contributed by atoms with van der Waals surface area (Å²) in [5, 5.41) is 2.90. The minimum Gasteiger partial charge on any atom is -0.446 e. The zero-order valence-corrected chi connectivity index (χ0v) is 14.9. The summed E-state index contributed by atoms with van der Waals surface area (Å²) >= 11 is 0. The lowest BCUT2D eigenvalue weighted by Gasteiger charge is -2.32. The van der Waals surface area contributed by atoms with Crippen molar-refractivity contribution in [3.05, 3.63) is 35.9 Å².